The molecule has 0 radical (unpaired) electrons. The smallest absolute Gasteiger partial charge is 0.371 e. The molecule has 21 heavy (non-hydrogen) atoms. The predicted molar refractivity (Wildman–Crippen MR) is 76.2 cm³/mol. The van der Waals surface area contributed by atoms with Gasteiger partial charge < -0.3 is 14.6 Å². The van der Waals surface area contributed by atoms with Crippen LogP contribution in [0.2, 0.25) is 0 Å². The highest BCUT2D eigenvalue weighted by Crippen LogP contribution is 2.26. The highest BCUT2D eigenvalue weighted by Gasteiger charge is 2.17. The maximum absolute atomic E-state index is 10.8. The van der Waals surface area contributed by atoms with Gasteiger partial charge >= 0.3 is 5.97 Å². The van der Waals surface area contributed by atoms with Crippen molar-refractivity contribution in [3.63, 3.8) is 0 Å². The van der Waals surface area contributed by atoms with Crippen LogP contribution in [0, 0.1) is 6.92 Å². The van der Waals surface area contributed by atoms with Gasteiger partial charge in [0.05, 0.1) is 5.52 Å². The largest absolute Gasteiger partial charge is 0.475 e. The van der Waals surface area contributed by atoms with Crippen LogP contribution >= 0.6 is 0 Å². The first-order valence-electron chi connectivity index (χ1n) is 6.43. The molecule has 2 heterocycles. The summed E-state index contributed by atoms with van der Waals surface area (Å²) in [6.07, 6.45) is -1.01. The van der Waals surface area contributed by atoms with Crippen LogP contribution in [0.25, 0.3) is 10.9 Å². The lowest BCUT2D eigenvalue weighted by molar-refractivity contribution is 0.0655. The first kappa shape index (κ1) is 13.3. The second kappa shape index (κ2) is 5.03. The van der Waals surface area contributed by atoms with E-state index in [-0.39, 0.29) is 11.5 Å². The van der Waals surface area contributed by atoms with Crippen molar-refractivity contribution < 1.29 is 19.4 Å². The van der Waals surface area contributed by atoms with Crippen LogP contribution in [0.15, 0.2) is 46.9 Å². The number of aromatic carboxylic acids is 1. The molecule has 0 amide bonds. The number of aromatic nitrogens is 1. The molecular weight excluding hydrogens is 270 g/mol. The Morgan fingerprint density at radius 2 is 2.00 bits per heavy atom. The zero-order valence-electron chi connectivity index (χ0n) is 11.3. The van der Waals surface area contributed by atoms with E-state index in [0.717, 1.165) is 16.6 Å². The Morgan fingerprint density at radius 3 is 2.71 bits per heavy atom. The SMILES string of the molecule is Cc1ccc2cc(C(O)c3ccc(C(=O)O)o3)ccc2n1. The van der Waals surface area contributed by atoms with Crippen molar-refractivity contribution in [2.45, 2.75) is 13.0 Å². The van der Waals surface area contributed by atoms with Crippen LogP contribution in [-0.2, 0) is 0 Å². The fourth-order valence-corrected chi connectivity index (χ4v) is 2.20. The number of aliphatic hydroxyl groups excluding tert-OH is 1. The average Bonchev–Trinajstić information content (AvgIpc) is 2.96. The van der Waals surface area contributed by atoms with Gasteiger partial charge in [-0.15, -0.1) is 0 Å². The molecule has 3 aromatic rings. The van der Waals surface area contributed by atoms with Crippen LogP contribution in [0.5, 0.6) is 0 Å². The first-order valence-corrected chi connectivity index (χ1v) is 6.43. The third-order valence-corrected chi connectivity index (χ3v) is 3.28. The maximum Gasteiger partial charge on any atom is 0.371 e. The van der Waals surface area contributed by atoms with E-state index < -0.39 is 12.1 Å². The summed E-state index contributed by atoms with van der Waals surface area (Å²) < 4.78 is 5.13. The second-order valence-electron chi connectivity index (χ2n) is 4.81. The van der Waals surface area contributed by atoms with E-state index in [1.807, 2.05) is 31.2 Å². The first-order chi connectivity index (χ1) is 10.0. The fourth-order valence-electron chi connectivity index (χ4n) is 2.20. The number of furan rings is 1. The van der Waals surface area contributed by atoms with Crippen molar-refractivity contribution >= 4 is 16.9 Å². The van der Waals surface area contributed by atoms with E-state index >= 15 is 0 Å². The van der Waals surface area contributed by atoms with Gasteiger partial charge in [0, 0.05) is 11.1 Å². The number of carboxylic acids is 1. The molecule has 0 saturated carbocycles. The number of carboxylic acid groups (broad SMARTS) is 1. The number of fused-ring (bicyclic) bond motifs is 1. The molecule has 0 aliphatic heterocycles. The van der Waals surface area contributed by atoms with E-state index in [1.165, 1.54) is 12.1 Å². The monoisotopic (exact) mass is 283 g/mol. The van der Waals surface area contributed by atoms with E-state index in [0.29, 0.717) is 5.56 Å². The van der Waals surface area contributed by atoms with Crippen molar-refractivity contribution in [1.82, 2.24) is 4.98 Å². The van der Waals surface area contributed by atoms with Gasteiger partial charge in [-0.25, -0.2) is 4.79 Å². The summed E-state index contributed by atoms with van der Waals surface area (Å²) in [6.45, 7) is 1.92. The molecule has 2 aromatic heterocycles. The molecule has 106 valence electrons. The number of nitrogens with zero attached hydrogens (tertiary/aromatic N) is 1. The van der Waals surface area contributed by atoms with Crippen LogP contribution < -0.4 is 0 Å². The quantitative estimate of drug-likeness (QED) is 0.772. The van der Waals surface area contributed by atoms with E-state index in [4.69, 9.17) is 9.52 Å². The van der Waals surface area contributed by atoms with Crippen molar-refractivity contribution in [3.05, 3.63) is 65.2 Å². The van der Waals surface area contributed by atoms with Crippen molar-refractivity contribution in [2.75, 3.05) is 0 Å². The summed E-state index contributed by atoms with van der Waals surface area (Å²) in [4.78, 5) is 15.2. The molecule has 0 spiro atoms. The minimum atomic E-state index is -1.16. The predicted octanol–water partition coefficient (Wildman–Crippen LogP) is 2.92. The van der Waals surface area contributed by atoms with E-state index in [9.17, 15) is 9.90 Å². The standard InChI is InChI=1S/C16H13NO4/c1-9-2-3-10-8-11(4-5-12(10)17-9)15(18)13-6-7-14(21-13)16(19)20/h2-8,15,18H,1H3,(H,19,20). The zero-order chi connectivity index (χ0) is 15.0. The minimum Gasteiger partial charge on any atom is -0.475 e. The Kier molecular flexibility index (Phi) is 3.19. The number of hydrogen-bond acceptors (Lipinski definition) is 4. The normalized spacial score (nSPS) is 12.5. The summed E-state index contributed by atoms with van der Waals surface area (Å²) in [7, 11) is 0. The van der Waals surface area contributed by atoms with Gasteiger partial charge in [-0.3, -0.25) is 4.98 Å². The Bertz CT molecular complexity index is 822. The van der Waals surface area contributed by atoms with Gasteiger partial charge in [0.2, 0.25) is 5.76 Å². The van der Waals surface area contributed by atoms with Gasteiger partial charge in [0.15, 0.2) is 0 Å². The fraction of sp³-hybridized carbons (Fsp3) is 0.125. The van der Waals surface area contributed by atoms with Crippen LogP contribution in [-0.4, -0.2) is 21.2 Å². The molecular formula is C16H13NO4. The lowest BCUT2D eigenvalue weighted by atomic mass is 10.0. The zero-order valence-corrected chi connectivity index (χ0v) is 11.3. The summed E-state index contributed by atoms with van der Waals surface area (Å²) >= 11 is 0. The second-order valence-corrected chi connectivity index (χ2v) is 4.81. The van der Waals surface area contributed by atoms with Gasteiger partial charge in [0.25, 0.3) is 0 Å². The lowest BCUT2D eigenvalue weighted by Crippen LogP contribution is -1.99. The number of aliphatic hydroxyl groups is 1. The number of rotatable bonds is 3. The Balaban J connectivity index is 1.98. The molecule has 0 aliphatic rings. The Hall–Kier alpha value is -2.66. The molecule has 5 nitrogen and oxygen atoms in total. The van der Waals surface area contributed by atoms with E-state index in [2.05, 4.69) is 4.98 Å². The van der Waals surface area contributed by atoms with Crippen LogP contribution in [0.1, 0.15) is 33.7 Å². The van der Waals surface area contributed by atoms with Gasteiger partial charge in [-0.2, -0.15) is 0 Å². The molecule has 0 fully saturated rings. The number of benzene rings is 1. The summed E-state index contributed by atoms with van der Waals surface area (Å²) in [5, 5.41) is 20.0. The molecule has 1 unspecified atom stereocenters. The number of aryl methyl sites for hydroxylation is 1. The highest BCUT2D eigenvalue weighted by atomic mass is 16.4. The molecule has 3 rings (SSSR count). The lowest BCUT2D eigenvalue weighted by Gasteiger charge is -2.09. The van der Waals surface area contributed by atoms with Gasteiger partial charge in [-0.1, -0.05) is 12.1 Å². The van der Waals surface area contributed by atoms with Gasteiger partial charge in [-0.05, 0) is 42.8 Å². The number of hydrogen-bond donors (Lipinski definition) is 2. The number of pyridine rings is 1. The molecule has 1 atom stereocenters. The minimum absolute atomic E-state index is 0.192. The van der Waals surface area contributed by atoms with Crippen molar-refractivity contribution in [2.24, 2.45) is 0 Å². The maximum atomic E-state index is 10.8. The summed E-state index contributed by atoms with van der Waals surface area (Å²) in [5.74, 6) is -1.15. The summed E-state index contributed by atoms with van der Waals surface area (Å²) in [5.41, 5.74) is 2.39. The number of carbonyl (C=O) groups is 1. The van der Waals surface area contributed by atoms with Gasteiger partial charge in [0.1, 0.15) is 11.9 Å². The molecule has 0 aliphatic carbocycles. The molecule has 0 bridgehead atoms. The Labute approximate surface area is 120 Å². The van der Waals surface area contributed by atoms with Crippen molar-refractivity contribution in [3.8, 4) is 0 Å². The topological polar surface area (TPSA) is 83.6 Å². The third kappa shape index (κ3) is 2.51. The van der Waals surface area contributed by atoms with Crippen LogP contribution in [0.3, 0.4) is 0 Å². The summed E-state index contributed by atoms with van der Waals surface area (Å²) in [6, 6.07) is 12.0. The van der Waals surface area contributed by atoms with Crippen LogP contribution in [0.4, 0.5) is 0 Å². The van der Waals surface area contributed by atoms with Crippen molar-refractivity contribution in [1.29, 1.82) is 0 Å². The average molecular weight is 283 g/mol. The molecule has 1 aromatic carbocycles. The third-order valence-electron chi connectivity index (χ3n) is 3.28. The Morgan fingerprint density at radius 1 is 1.19 bits per heavy atom. The molecule has 5 heteroatoms. The molecule has 2 N–H and O–H groups in total. The molecule has 0 saturated heterocycles. The van der Waals surface area contributed by atoms with E-state index in [1.54, 1.807) is 6.07 Å². The highest BCUT2D eigenvalue weighted by molar-refractivity contribution is 5.84.